The molecular weight excluding hydrogens is 262 g/mol. The van der Waals surface area contributed by atoms with Crippen molar-refractivity contribution in [1.29, 1.82) is 0 Å². The van der Waals surface area contributed by atoms with E-state index in [2.05, 4.69) is 32.2 Å². The molecule has 0 bridgehead atoms. The highest BCUT2D eigenvalue weighted by Crippen LogP contribution is 2.20. The van der Waals surface area contributed by atoms with E-state index in [4.69, 9.17) is 11.6 Å². The summed E-state index contributed by atoms with van der Waals surface area (Å²) in [5.41, 5.74) is 1.76. The highest BCUT2D eigenvalue weighted by atomic mass is 35.5. The molecule has 2 aromatic heterocycles. The van der Waals surface area contributed by atoms with E-state index in [9.17, 15) is 0 Å². The van der Waals surface area contributed by atoms with Crippen LogP contribution >= 0.6 is 11.6 Å². The van der Waals surface area contributed by atoms with Gasteiger partial charge in [0, 0.05) is 18.2 Å². The zero-order chi connectivity index (χ0) is 13.7. The molecule has 0 aromatic carbocycles. The first kappa shape index (κ1) is 13.7. The Hall–Kier alpha value is -1.75. The molecule has 0 aliphatic heterocycles. The quantitative estimate of drug-likeness (QED) is 0.852. The van der Waals surface area contributed by atoms with Crippen LogP contribution in [-0.2, 0) is 13.0 Å². The molecule has 6 heteroatoms. The first-order valence-corrected chi connectivity index (χ1v) is 6.60. The van der Waals surface area contributed by atoms with E-state index in [1.54, 1.807) is 6.20 Å². The summed E-state index contributed by atoms with van der Waals surface area (Å²) in [4.78, 5) is 16.8. The fraction of sp³-hybridized carbons (Fsp3) is 0.385. The van der Waals surface area contributed by atoms with Gasteiger partial charge in [-0.15, -0.1) is 0 Å². The summed E-state index contributed by atoms with van der Waals surface area (Å²) in [5.74, 6) is 1.53. The number of hydrogen-bond donors (Lipinski definition) is 1. The maximum atomic E-state index is 6.12. The van der Waals surface area contributed by atoms with E-state index in [0.29, 0.717) is 11.7 Å². The Labute approximate surface area is 117 Å². The van der Waals surface area contributed by atoms with Crippen LogP contribution < -0.4 is 5.32 Å². The molecule has 1 N–H and O–H groups in total. The Morgan fingerprint density at radius 2 is 2.16 bits per heavy atom. The van der Waals surface area contributed by atoms with Crippen LogP contribution in [0.25, 0.3) is 0 Å². The van der Waals surface area contributed by atoms with Crippen LogP contribution in [0.4, 0.5) is 5.82 Å². The van der Waals surface area contributed by atoms with Gasteiger partial charge in [-0.25, -0.2) is 19.9 Å². The van der Waals surface area contributed by atoms with E-state index >= 15 is 0 Å². The van der Waals surface area contributed by atoms with Crippen LogP contribution in [0.15, 0.2) is 18.6 Å². The lowest BCUT2D eigenvalue weighted by Gasteiger charge is -2.10. The first-order valence-electron chi connectivity index (χ1n) is 6.22. The van der Waals surface area contributed by atoms with Gasteiger partial charge in [-0.2, -0.15) is 0 Å². The standard InChI is InChI=1S/C13H16ClN5/c1-3-4-11-18-12(14)9(2)13(19-11)16-7-10-5-6-15-8-17-10/h5-6,8H,3-4,7H2,1-2H3,(H,16,18,19). The van der Waals surface area contributed by atoms with Crippen molar-refractivity contribution >= 4 is 17.4 Å². The molecule has 0 radical (unpaired) electrons. The van der Waals surface area contributed by atoms with Crippen molar-refractivity contribution in [2.75, 3.05) is 5.32 Å². The zero-order valence-electron chi connectivity index (χ0n) is 11.0. The molecule has 2 rings (SSSR count). The molecule has 0 saturated carbocycles. The first-order chi connectivity index (χ1) is 9.20. The molecule has 0 amide bonds. The largest absolute Gasteiger partial charge is 0.364 e. The molecule has 2 heterocycles. The fourth-order valence-electron chi connectivity index (χ4n) is 1.64. The van der Waals surface area contributed by atoms with Gasteiger partial charge >= 0.3 is 0 Å². The molecule has 0 aliphatic rings. The Kier molecular flexibility index (Phi) is 4.63. The SMILES string of the molecule is CCCc1nc(Cl)c(C)c(NCc2ccncn2)n1. The minimum Gasteiger partial charge on any atom is -0.364 e. The summed E-state index contributed by atoms with van der Waals surface area (Å²) in [6.07, 6.45) is 5.05. The zero-order valence-corrected chi connectivity index (χ0v) is 11.8. The summed E-state index contributed by atoms with van der Waals surface area (Å²) in [5, 5.41) is 3.75. The van der Waals surface area contributed by atoms with E-state index < -0.39 is 0 Å². The monoisotopic (exact) mass is 277 g/mol. The summed E-state index contributed by atoms with van der Waals surface area (Å²) >= 11 is 6.12. The molecule has 5 nitrogen and oxygen atoms in total. The average molecular weight is 278 g/mol. The summed E-state index contributed by atoms with van der Waals surface area (Å²) < 4.78 is 0. The summed E-state index contributed by atoms with van der Waals surface area (Å²) in [6.45, 7) is 4.58. The number of aromatic nitrogens is 4. The highest BCUT2D eigenvalue weighted by Gasteiger charge is 2.09. The number of anilines is 1. The van der Waals surface area contributed by atoms with Crippen molar-refractivity contribution in [1.82, 2.24) is 19.9 Å². The molecule has 0 saturated heterocycles. The minimum absolute atomic E-state index is 0.503. The maximum absolute atomic E-state index is 6.12. The van der Waals surface area contributed by atoms with Crippen molar-refractivity contribution in [2.24, 2.45) is 0 Å². The normalized spacial score (nSPS) is 10.5. The van der Waals surface area contributed by atoms with Crippen molar-refractivity contribution < 1.29 is 0 Å². The third kappa shape index (κ3) is 3.61. The number of nitrogens with one attached hydrogen (secondary N) is 1. The molecular formula is C13H16ClN5. The third-order valence-electron chi connectivity index (χ3n) is 2.69. The lowest BCUT2D eigenvalue weighted by Crippen LogP contribution is -2.08. The number of rotatable bonds is 5. The number of aryl methyl sites for hydroxylation is 1. The van der Waals surface area contributed by atoms with Crippen LogP contribution in [0, 0.1) is 6.92 Å². The highest BCUT2D eigenvalue weighted by molar-refractivity contribution is 6.30. The Bertz CT molecular complexity index is 544. The van der Waals surface area contributed by atoms with E-state index in [1.807, 2.05) is 13.0 Å². The van der Waals surface area contributed by atoms with Gasteiger partial charge in [0.05, 0.1) is 12.2 Å². The average Bonchev–Trinajstić information content (AvgIpc) is 2.42. The van der Waals surface area contributed by atoms with Gasteiger partial charge < -0.3 is 5.32 Å². The molecule has 0 spiro atoms. The molecule has 2 aromatic rings. The van der Waals surface area contributed by atoms with Gasteiger partial charge in [0.25, 0.3) is 0 Å². The maximum Gasteiger partial charge on any atom is 0.137 e. The smallest absolute Gasteiger partial charge is 0.137 e. The van der Waals surface area contributed by atoms with Crippen molar-refractivity contribution in [3.05, 3.63) is 40.8 Å². The van der Waals surface area contributed by atoms with Crippen molar-refractivity contribution in [2.45, 2.75) is 33.2 Å². The van der Waals surface area contributed by atoms with E-state index in [0.717, 1.165) is 35.7 Å². The Morgan fingerprint density at radius 3 is 2.84 bits per heavy atom. The van der Waals surface area contributed by atoms with Gasteiger partial charge in [-0.3, -0.25) is 0 Å². The number of hydrogen-bond acceptors (Lipinski definition) is 5. The Morgan fingerprint density at radius 1 is 1.32 bits per heavy atom. The van der Waals surface area contributed by atoms with Gasteiger partial charge in [-0.05, 0) is 19.4 Å². The lowest BCUT2D eigenvalue weighted by molar-refractivity contribution is 0.829. The van der Waals surface area contributed by atoms with Crippen LogP contribution in [0.2, 0.25) is 5.15 Å². The molecule has 0 aliphatic carbocycles. The second kappa shape index (κ2) is 6.43. The molecule has 0 atom stereocenters. The second-order valence-corrected chi connectivity index (χ2v) is 4.57. The fourth-order valence-corrected chi connectivity index (χ4v) is 1.82. The molecule has 0 fully saturated rings. The molecule has 19 heavy (non-hydrogen) atoms. The van der Waals surface area contributed by atoms with Crippen LogP contribution in [0.3, 0.4) is 0 Å². The topological polar surface area (TPSA) is 63.6 Å². The minimum atomic E-state index is 0.503. The van der Waals surface area contributed by atoms with Crippen LogP contribution in [0.1, 0.15) is 30.4 Å². The van der Waals surface area contributed by atoms with Crippen molar-refractivity contribution in [3.63, 3.8) is 0 Å². The molecule has 0 unspecified atom stereocenters. The van der Waals surface area contributed by atoms with Gasteiger partial charge in [0.1, 0.15) is 23.1 Å². The predicted molar refractivity (Wildman–Crippen MR) is 75.1 cm³/mol. The van der Waals surface area contributed by atoms with Crippen molar-refractivity contribution in [3.8, 4) is 0 Å². The van der Waals surface area contributed by atoms with Crippen LogP contribution in [-0.4, -0.2) is 19.9 Å². The summed E-state index contributed by atoms with van der Waals surface area (Å²) in [6, 6.07) is 1.86. The van der Waals surface area contributed by atoms with E-state index in [1.165, 1.54) is 6.33 Å². The second-order valence-electron chi connectivity index (χ2n) is 4.21. The summed E-state index contributed by atoms with van der Waals surface area (Å²) in [7, 11) is 0. The van der Waals surface area contributed by atoms with Gasteiger partial charge in [0.2, 0.25) is 0 Å². The predicted octanol–water partition coefficient (Wildman–Crippen LogP) is 2.79. The lowest BCUT2D eigenvalue weighted by atomic mass is 10.3. The number of nitrogens with zero attached hydrogens (tertiary/aromatic N) is 4. The van der Waals surface area contributed by atoms with Crippen LogP contribution in [0.5, 0.6) is 0 Å². The molecule has 100 valence electrons. The third-order valence-corrected chi connectivity index (χ3v) is 3.05. The Balaban J connectivity index is 2.15. The van der Waals surface area contributed by atoms with Gasteiger partial charge in [0.15, 0.2) is 0 Å². The van der Waals surface area contributed by atoms with Gasteiger partial charge in [-0.1, -0.05) is 18.5 Å². The van der Waals surface area contributed by atoms with E-state index in [-0.39, 0.29) is 0 Å². The number of halogens is 1.